The predicted octanol–water partition coefficient (Wildman–Crippen LogP) is 3.59. The highest BCUT2D eigenvalue weighted by molar-refractivity contribution is 7.92. The van der Waals surface area contributed by atoms with Gasteiger partial charge in [-0.05, 0) is 55.6 Å². The number of halogens is 1. The van der Waals surface area contributed by atoms with Crippen LogP contribution in [0.3, 0.4) is 0 Å². The molecule has 0 unspecified atom stereocenters. The highest BCUT2D eigenvalue weighted by atomic mass is 32.2. The van der Waals surface area contributed by atoms with Crippen LogP contribution in [0.5, 0.6) is 5.75 Å². The zero-order valence-corrected chi connectivity index (χ0v) is 19.9. The minimum absolute atomic E-state index is 0.0926. The molecule has 0 fully saturated rings. The third kappa shape index (κ3) is 5.62. The standard InChI is InChI=1S/C22H26FN3O4S2/c1-4-25(5-2)12-13-26(22-24-19-11-8-17(30-3)14-20(19)31-22)21(27)15-32(28,29)18-9-6-16(23)7-10-18/h6-11,14H,4-5,12-13,15H2,1-3H3. The minimum atomic E-state index is -3.93. The summed E-state index contributed by atoms with van der Waals surface area (Å²) in [6, 6.07) is 9.89. The maximum Gasteiger partial charge on any atom is 0.244 e. The number of fused-ring (bicyclic) bond motifs is 1. The Morgan fingerprint density at radius 2 is 1.78 bits per heavy atom. The second kappa shape index (κ2) is 10.4. The lowest BCUT2D eigenvalue weighted by Gasteiger charge is -2.24. The molecule has 0 aliphatic carbocycles. The van der Waals surface area contributed by atoms with E-state index in [1.807, 2.05) is 19.9 Å². The van der Waals surface area contributed by atoms with Crippen LogP contribution < -0.4 is 9.64 Å². The Bertz CT molecular complexity index is 1180. The van der Waals surface area contributed by atoms with Crippen LogP contribution in [0.1, 0.15) is 13.8 Å². The maximum atomic E-state index is 13.2. The van der Waals surface area contributed by atoms with Crippen LogP contribution in [0.4, 0.5) is 9.52 Å². The zero-order chi connectivity index (χ0) is 23.3. The van der Waals surface area contributed by atoms with Crippen LogP contribution in [0.2, 0.25) is 0 Å². The number of carbonyl (C=O) groups is 1. The summed E-state index contributed by atoms with van der Waals surface area (Å²) < 4.78 is 44.8. The number of hydrogen-bond donors (Lipinski definition) is 0. The van der Waals surface area contributed by atoms with E-state index in [1.54, 1.807) is 19.2 Å². The first-order chi connectivity index (χ1) is 15.3. The summed E-state index contributed by atoms with van der Waals surface area (Å²) in [7, 11) is -2.36. The summed E-state index contributed by atoms with van der Waals surface area (Å²) in [4.78, 5) is 21.2. The zero-order valence-electron chi connectivity index (χ0n) is 18.2. The van der Waals surface area contributed by atoms with Crippen LogP contribution in [-0.4, -0.2) is 63.3 Å². The monoisotopic (exact) mass is 479 g/mol. The second-order valence-electron chi connectivity index (χ2n) is 7.12. The van der Waals surface area contributed by atoms with Gasteiger partial charge in [-0.15, -0.1) is 0 Å². The number of likely N-dealkylation sites (N-methyl/N-ethyl adjacent to an activating group) is 1. The fourth-order valence-electron chi connectivity index (χ4n) is 3.21. The number of benzene rings is 2. The number of sulfone groups is 1. The molecular weight excluding hydrogens is 453 g/mol. The largest absolute Gasteiger partial charge is 0.497 e. The summed E-state index contributed by atoms with van der Waals surface area (Å²) in [5.41, 5.74) is 0.702. The van der Waals surface area contributed by atoms with Gasteiger partial charge in [0.15, 0.2) is 15.0 Å². The molecule has 3 rings (SSSR count). The molecule has 1 aromatic heterocycles. The van der Waals surface area contributed by atoms with E-state index in [1.165, 1.54) is 28.4 Å². The van der Waals surface area contributed by atoms with Gasteiger partial charge >= 0.3 is 0 Å². The normalized spacial score (nSPS) is 11.8. The molecule has 0 radical (unpaired) electrons. The molecule has 0 saturated heterocycles. The first kappa shape index (κ1) is 24.1. The van der Waals surface area contributed by atoms with Gasteiger partial charge < -0.3 is 9.64 Å². The van der Waals surface area contributed by atoms with E-state index in [0.29, 0.717) is 29.5 Å². The van der Waals surface area contributed by atoms with Crippen molar-refractivity contribution in [2.75, 3.05) is 43.9 Å². The van der Waals surface area contributed by atoms with Crippen LogP contribution >= 0.6 is 11.3 Å². The summed E-state index contributed by atoms with van der Waals surface area (Å²) in [6.45, 7) is 6.55. The molecule has 0 N–H and O–H groups in total. The fourth-order valence-corrected chi connectivity index (χ4v) is 5.44. The van der Waals surface area contributed by atoms with Gasteiger partial charge in [-0.2, -0.15) is 0 Å². The minimum Gasteiger partial charge on any atom is -0.497 e. The molecule has 0 saturated carbocycles. The molecule has 0 bridgehead atoms. The van der Waals surface area contributed by atoms with Crippen molar-refractivity contribution in [2.24, 2.45) is 0 Å². The Kier molecular flexibility index (Phi) is 7.81. The van der Waals surface area contributed by atoms with Crippen LogP contribution in [0.15, 0.2) is 47.4 Å². The van der Waals surface area contributed by atoms with Crippen molar-refractivity contribution in [1.29, 1.82) is 0 Å². The van der Waals surface area contributed by atoms with Crippen LogP contribution in [0.25, 0.3) is 10.2 Å². The van der Waals surface area contributed by atoms with E-state index < -0.39 is 27.3 Å². The van der Waals surface area contributed by atoms with Gasteiger partial charge in [-0.1, -0.05) is 25.2 Å². The molecule has 0 aliphatic heterocycles. The van der Waals surface area contributed by atoms with E-state index in [9.17, 15) is 17.6 Å². The molecule has 172 valence electrons. The number of carbonyl (C=O) groups excluding carboxylic acids is 1. The van der Waals surface area contributed by atoms with Gasteiger partial charge in [0, 0.05) is 13.1 Å². The molecule has 7 nitrogen and oxygen atoms in total. The summed E-state index contributed by atoms with van der Waals surface area (Å²) in [5.74, 6) is -1.17. The Labute approximate surface area is 191 Å². The summed E-state index contributed by atoms with van der Waals surface area (Å²) >= 11 is 1.30. The number of rotatable bonds is 10. The third-order valence-corrected chi connectivity index (χ3v) is 7.80. The molecule has 0 aliphatic rings. The van der Waals surface area contributed by atoms with Crippen LogP contribution in [0, 0.1) is 5.82 Å². The topological polar surface area (TPSA) is 79.8 Å². The molecule has 32 heavy (non-hydrogen) atoms. The number of hydrogen-bond acceptors (Lipinski definition) is 7. The maximum absolute atomic E-state index is 13.2. The van der Waals surface area contributed by atoms with Crippen molar-refractivity contribution in [3.8, 4) is 5.75 Å². The van der Waals surface area contributed by atoms with E-state index >= 15 is 0 Å². The van der Waals surface area contributed by atoms with Crippen molar-refractivity contribution in [2.45, 2.75) is 18.7 Å². The lowest BCUT2D eigenvalue weighted by Crippen LogP contribution is -2.41. The lowest BCUT2D eigenvalue weighted by molar-refractivity contribution is -0.116. The molecule has 0 atom stereocenters. The average molecular weight is 480 g/mol. The Hall–Kier alpha value is -2.56. The van der Waals surface area contributed by atoms with E-state index in [-0.39, 0.29) is 4.90 Å². The fraction of sp³-hybridized carbons (Fsp3) is 0.364. The Morgan fingerprint density at radius 1 is 1.09 bits per heavy atom. The number of nitrogens with zero attached hydrogens (tertiary/aromatic N) is 3. The first-order valence-corrected chi connectivity index (χ1v) is 12.7. The SMILES string of the molecule is CCN(CC)CCN(C(=O)CS(=O)(=O)c1ccc(F)cc1)c1nc2ccc(OC)cc2s1. The highest BCUT2D eigenvalue weighted by Gasteiger charge is 2.27. The average Bonchev–Trinajstić information content (AvgIpc) is 3.19. The quantitative estimate of drug-likeness (QED) is 0.414. The van der Waals surface area contributed by atoms with E-state index in [4.69, 9.17) is 4.74 Å². The van der Waals surface area contributed by atoms with Crippen molar-refractivity contribution in [3.63, 3.8) is 0 Å². The Morgan fingerprint density at radius 3 is 2.41 bits per heavy atom. The van der Waals surface area contributed by atoms with E-state index in [2.05, 4.69) is 9.88 Å². The molecule has 1 heterocycles. The van der Waals surface area contributed by atoms with Gasteiger partial charge in [-0.25, -0.2) is 17.8 Å². The third-order valence-electron chi connectivity index (χ3n) is 5.14. The molecule has 3 aromatic rings. The number of ether oxygens (including phenoxy) is 1. The first-order valence-electron chi connectivity index (χ1n) is 10.2. The summed E-state index contributed by atoms with van der Waals surface area (Å²) in [5, 5.41) is 0.430. The van der Waals surface area contributed by atoms with Crippen molar-refractivity contribution in [3.05, 3.63) is 48.3 Å². The van der Waals surface area contributed by atoms with Gasteiger partial charge in [0.05, 0.1) is 22.2 Å². The van der Waals surface area contributed by atoms with Gasteiger partial charge in [-0.3, -0.25) is 9.69 Å². The predicted molar refractivity (Wildman–Crippen MR) is 125 cm³/mol. The molecule has 10 heteroatoms. The van der Waals surface area contributed by atoms with Gasteiger partial charge in [0.1, 0.15) is 17.3 Å². The van der Waals surface area contributed by atoms with Crippen molar-refractivity contribution in [1.82, 2.24) is 9.88 Å². The number of anilines is 1. The number of methoxy groups -OCH3 is 1. The van der Waals surface area contributed by atoms with Gasteiger partial charge in [0.2, 0.25) is 5.91 Å². The molecule has 1 amide bonds. The Balaban J connectivity index is 1.91. The van der Waals surface area contributed by atoms with Gasteiger partial charge in [0.25, 0.3) is 0 Å². The van der Waals surface area contributed by atoms with Crippen molar-refractivity contribution < 1.29 is 22.3 Å². The smallest absolute Gasteiger partial charge is 0.244 e. The molecule has 0 spiro atoms. The van der Waals surface area contributed by atoms with Crippen LogP contribution in [-0.2, 0) is 14.6 Å². The van der Waals surface area contributed by atoms with E-state index in [0.717, 1.165) is 29.9 Å². The lowest BCUT2D eigenvalue weighted by atomic mass is 10.3. The number of aromatic nitrogens is 1. The molecular formula is C22H26FN3O4S2. The number of amides is 1. The summed E-state index contributed by atoms with van der Waals surface area (Å²) in [6.07, 6.45) is 0. The highest BCUT2D eigenvalue weighted by Crippen LogP contribution is 2.31. The number of thiazole rings is 1. The van der Waals surface area contributed by atoms with Crippen molar-refractivity contribution >= 4 is 42.4 Å². The second-order valence-corrected chi connectivity index (χ2v) is 10.1. The molecule has 2 aromatic carbocycles.